The Morgan fingerprint density at radius 3 is 2.67 bits per heavy atom. The van der Waals surface area contributed by atoms with Crippen LogP contribution in [0, 0.1) is 5.82 Å². The molecule has 1 aromatic carbocycles. The minimum Gasteiger partial charge on any atom is -0.386 e. The molecule has 1 aliphatic rings. The summed E-state index contributed by atoms with van der Waals surface area (Å²) in [6.45, 7) is 2.76. The molecule has 1 aliphatic heterocycles. The van der Waals surface area contributed by atoms with E-state index in [4.69, 9.17) is 5.73 Å². The summed E-state index contributed by atoms with van der Waals surface area (Å²) < 4.78 is 12.7. The van der Waals surface area contributed by atoms with Gasteiger partial charge in [-0.3, -0.25) is 5.01 Å². The van der Waals surface area contributed by atoms with Gasteiger partial charge in [-0.1, -0.05) is 12.1 Å². The first-order valence-electron chi connectivity index (χ1n) is 4.99. The summed E-state index contributed by atoms with van der Waals surface area (Å²) in [5.41, 5.74) is 6.68. The number of hydrogen-bond donors (Lipinski definition) is 1. The minimum atomic E-state index is -0.212. The zero-order valence-electron chi connectivity index (χ0n) is 8.65. The monoisotopic (exact) mass is 207 g/mol. The van der Waals surface area contributed by atoms with Gasteiger partial charge in [-0.05, 0) is 24.6 Å². The van der Waals surface area contributed by atoms with E-state index in [1.165, 1.54) is 12.1 Å². The molecule has 0 radical (unpaired) electrons. The molecule has 1 unspecified atom stereocenters. The van der Waals surface area contributed by atoms with Gasteiger partial charge in [0.25, 0.3) is 0 Å². The summed E-state index contributed by atoms with van der Waals surface area (Å²) in [4.78, 5) is 0. The van der Waals surface area contributed by atoms with Gasteiger partial charge in [0.2, 0.25) is 0 Å². The minimum absolute atomic E-state index is 0.212. The van der Waals surface area contributed by atoms with Gasteiger partial charge in [0.15, 0.2) is 0 Å². The first kappa shape index (κ1) is 9.96. The molecule has 15 heavy (non-hydrogen) atoms. The first-order valence-corrected chi connectivity index (χ1v) is 4.99. The summed E-state index contributed by atoms with van der Waals surface area (Å²) in [6.07, 6.45) is 0.807. The standard InChI is InChI=1S/C11H14FN3/c1-8-6-11(13)14-15(8)7-9-2-4-10(12)5-3-9/h2-5,8H,6-7H2,1H3,(H2,13,14). The van der Waals surface area contributed by atoms with Gasteiger partial charge in [0.1, 0.15) is 11.7 Å². The third-order valence-electron chi connectivity index (χ3n) is 2.53. The topological polar surface area (TPSA) is 41.6 Å². The maximum atomic E-state index is 12.7. The summed E-state index contributed by atoms with van der Waals surface area (Å²) in [6, 6.07) is 6.79. The van der Waals surface area contributed by atoms with Gasteiger partial charge in [0, 0.05) is 6.42 Å². The SMILES string of the molecule is CC1CC(N)=NN1Cc1ccc(F)cc1. The van der Waals surface area contributed by atoms with Gasteiger partial charge in [-0.2, -0.15) is 5.10 Å². The molecule has 2 rings (SSSR count). The molecule has 1 atom stereocenters. The fourth-order valence-electron chi connectivity index (χ4n) is 1.68. The summed E-state index contributed by atoms with van der Waals surface area (Å²) >= 11 is 0. The second kappa shape index (κ2) is 3.88. The Morgan fingerprint density at radius 1 is 1.47 bits per heavy atom. The van der Waals surface area contributed by atoms with Crippen LogP contribution in [0.5, 0.6) is 0 Å². The average Bonchev–Trinajstić information content (AvgIpc) is 2.49. The van der Waals surface area contributed by atoms with Gasteiger partial charge < -0.3 is 5.73 Å². The van der Waals surface area contributed by atoms with E-state index in [1.54, 1.807) is 12.1 Å². The Morgan fingerprint density at radius 2 is 2.13 bits per heavy atom. The van der Waals surface area contributed by atoms with Gasteiger partial charge in [0.05, 0.1) is 12.6 Å². The van der Waals surface area contributed by atoms with E-state index in [9.17, 15) is 4.39 Å². The van der Waals surface area contributed by atoms with Crippen molar-refractivity contribution in [3.63, 3.8) is 0 Å². The molecule has 1 heterocycles. The lowest BCUT2D eigenvalue weighted by molar-refractivity contribution is 0.236. The zero-order chi connectivity index (χ0) is 10.8. The number of amidine groups is 1. The third kappa shape index (κ3) is 2.26. The molecule has 0 saturated heterocycles. The number of rotatable bonds is 2. The van der Waals surface area contributed by atoms with Crippen molar-refractivity contribution >= 4 is 5.84 Å². The number of hydrazone groups is 1. The number of nitrogens with zero attached hydrogens (tertiary/aromatic N) is 2. The highest BCUT2D eigenvalue weighted by Gasteiger charge is 2.20. The van der Waals surface area contributed by atoms with Crippen LogP contribution in [-0.2, 0) is 6.54 Å². The molecule has 0 aromatic heterocycles. The van der Waals surface area contributed by atoms with Crippen molar-refractivity contribution in [3.05, 3.63) is 35.6 Å². The average molecular weight is 207 g/mol. The van der Waals surface area contributed by atoms with Crippen LogP contribution in [0.1, 0.15) is 18.9 Å². The molecule has 80 valence electrons. The van der Waals surface area contributed by atoms with Crippen LogP contribution in [0.3, 0.4) is 0 Å². The third-order valence-corrected chi connectivity index (χ3v) is 2.53. The van der Waals surface area contributed by atoms with Crippen molar-refractivity contribution in [3.8, 4) is 0 Å². The second-order valence-corrected chi connectivity index (χ2v) is 3.87. The van der Waals surface area contributed by atoms with E-state index in [1.807, 2.05) is 5.01 Å². The largest absolute Gasteiger partial charge is 0.386 e. The van der Waals surface area contributed by atoms with E-state index in [2.05, 4.69) is 12.0 Å². The molecule has 1 aromatic rings. The summed E-state index contributed by atoms with van der Waals surface area (Å²) in [7, 11) is 0. The Labute approximate surface area is 88.4 Å². The second-order valence-electron chi connectivity index (χ2n) is 3.87. The molecule has 0 spiro atoms. The van der Waals surface area contributed by atoms with Crippen molar-refractivity contribution < 1.29 is 4.39 Å². The lowest BCUT2D eigenvalue weighted by atomic mass is 10.2. The quantitative estimate of drug-likeness (QED) is 0.801. The molecule has 3 nitrogen and oxygen atoms in total. The molecule has 0 aliphatic carbocycles. The molecule has 0 fully saturated rings. The summed E-state index contributed by atoms with van der Waals surface area (Å²) in [5.74, 6) is 0.459. The van der Waals surface area contributed by atoms with Crippen LogP contribution in [0.25, 0.3) is 0 Å². The fourth-order valence-corrected chi connectivity index (χ4v) is 1.68. The van der Waals surface area contributed by atoms with Crippen LogP contribution < -0.4 is 5.73 Å². The molecule has 2 N–H and O–H groups in total. The molecule has 0 bridgehead atoms. The van der Waals surface area contributed by atoms with Gasteiger partial charge in [-0.15, -0.1) is 0 Å². The normalized spacial score (nSPS) is 20.5. The first-order chi connectivity index (χ1) is 7.15. The van der Waals surface area contributed by atoms with Crippen LogP contribution in [0.2, 0.25) is 0 Å². The van der Waals surface area contributed by atoms with Crippen molar-refractivity contribution in [1.82, 2.24) is 5.01 Å². The van der Waals surface area contributed by atoms with E-state index in [0.29, 0.717) is 18.4 Å². The Balaban J connectivity index is 2.06. The maximum Gasteiger partial charge on any atom is 0.123 e. The maximum absolute atomic E-state index is 12.7. The van der Waals surface area contributed by atoms with E-state index >= 15 is 0 Å². The molecule has 0 saturated carbocycles. The number of hydrogen-bond acceptors (Lipinski definition) is 3. The van der Waals surface area contributed by atoms with E-state index in [0.717, 1.165) is 12.0 Å². The fraction of sp³-hybridized carbons (Fsp3) is 0.364. The van der Waals surface area contributed by atoms with Gasteiger partial charge >= 0.3 is 0 Å². The van der Waals surface area contributed by atoms with Crippen molar-refractivity contribution in [2.75, 3.05) is 0 Å². The number of halogens is 1. The summed E-state index contributed by atoms with van der Waals surface area (Å²) in [5, 5.41) is 6.15. The highest BCUT2D eigenvalue weighted by atomic mass is 19.1. The smallest absolute Gasteiger partial charge is 0.123 e. The Bertz CT molecular complexity index is 372. The lowest BCUT2D eigenvalue weighted by Gasteiger charge is -2.19. The van der Waals surface area contributed by atoms with Crippen LogP contribution in [0.15, 0.2) is 29.4 Å². The molecular formula is C11H14FN3. The highest BCUT2D eigenvalue weighted by Crippen LogP contribution is 2.16. The van der Waals surface area contributed by atoms with Crippen molar-refractivity contribution in [1.29, 1.82) is 0 Å². The Hall–Kier alpha value is -1.58. The molecular weight excluding hydrogens is 193 g/mol. The van der Waals surface area contributed by atoms with Gasteiger partial charge in [-0.25, -0.2) is 4.39 Å². The van der Waals surface area contributed by atoms with Crippen LogP contribution in [-0.4, -0.2) is 16.9 Å². The van der Waals surface area contributed by atoms with Crippen molar-refractivity contribution in [2.24, 2.45) is 10.8 Å². The highest BCUT2D eigenvalue weighted by molar-refractivity contribution is 5.81. The van der Waals surface area contributed by atoms with Crippen molar-refractivity contribution in [2.45, 2.75) is 25.9 Å². The lowest BCUT2D eigenvalue weighted by Crippen LogP contribution is -2.23. The molecule has 4 heteroatoms. The Kier molecular flexibility index (Phi) is 2.58. The molecule has 0 amide bonds. The van der Waals surface area contributed by atoms with Crippen LogP contribution in [0.4, 0.5) is 4.39 Å². The van der Waals surface area contributed by atoms with E-state index in [-0.39, 0.29) is 5.82 Å². The zero-order valence-corrected chi connectivity index (χ0v) is 8.65. The van der Waals surface area contributed by atoms with E-state index < -0.39 is 0 Å². The van der Waals surface area contributed by atoms with Crippen LogP contribution >= 0.6 is 0 Å². The predicted octanol–water partition coefficient (Wildman–Crippen LogP) is 1.69. The predicted molar refractivity (Wildman–Crippen MR) is 57.6 cm³/mol. The number of benzene rings is 1. The number of nitrogens with two attached hydrogens (primary N) is 1.